The Morgan fingerprint density at radius 1 is 1.27 bits per heavy atom. The molecule has 2 saturated heterocycles. The number of hydrogen-bond acceptors (Lipinski definition) is 4. The van der Waals surface area contributed by atoms with E-state index in [0.717, 1.165) is 6.42 Å². The Morgan fingerprint density at radius 3 is 2.41 bits per heavy atom. The molecule has 2 aliphatic heterocycles. The molecule has 0 aromatic carbocycles. The zero-order valence-corrected chi connectivity index (χ0v) is 14.5. The number of carbonyl (C=O) groups excluding carboxylic acids is 2. The molecule has 0 aromatic heterocycles. The predicted octanol–water partition coefficient (Wildman–Crippen LogP) is 0.422. The standard InChI is InChI=1S/C16H29N3O3/c1-12(2)6-7-14(20)19-10-16(11-19)9-18(5)13(8-22-16)15(21)17(3)4/h12-13H,6-11H2,1-5H3/t13-/m1/s1. The fraction of sp³-hybridized carbons (Fsp3) is 0.875. The van der Waals surface area contributed by atoms with E-state index in [-0.39, 0.29) is 23.5 Å². The average Bonchev–Trinajstić information content (AvgIpc) is 2.41. The minimum atomic E-state index is -0.272. The van der Waals surface area contributed by atoms with Crippen molar-refractivity contribution in [3.8, 4) is 0 Å². The molecule has 2 rings (SSSR count). The third kappa shape index (κ3) is 3.60. The maximum absolute atomic E-state index is 12.1. The van der Waals surface area contributed by atoms with Gasteiger partial charge in [0, 0.05) is 27.1 Å². The first-order chi connectivity index (χ1) is 10.2. The van der Waals surface area contributed by atoms with Crippen LogP contribution in [0.3, 0.4) is 0 Å². The average molecular weight is 311 g/mol. The SMILES string of the molecule is CC(C)CCC(=O)N1CC2(C1)CN(C)[C@@H](C(=O)N(C)C)CO2. The van der Waals surface area contributed by atoms with E-state index in [1.165, 1.54) is 0 Å². The summed E-state index contributed by atoms with van der Waals surface area (Å²) < 4.78 is 5.98. The molecular weight excluding hydrogens is 282 g/mol. The van der Waals surface area contributed by atoms with E-state index in [1.807, 2.05) is 11.9 Å². The number of amides is 2. The summed E-state index contributed by atoms with van der Waals surface area (Å²) in [6.45, 7) is 6.67. The Kier molecular flexibility index (Phi) is 5.12. The van der Waals surface area contributed by atoms with Crippen LogP contribution in [0.5, 0.6) is 0 Å². The van der Waals surface area contributed by atoms with Gasteiger partial charge in [0.1, 0.15) is 11.6 Å². The number of carbonyl (C=O) groups is 2. The van der Waals surface area contributed by atoms with E-state index in [4.69, 9.17) is 4.74 Å². The molecule has 22 heavy (non-hydrogen) atoms. The summed E-state index contributed by atoms with van der Waals surface area (Å²) in [5.74, 6) is 0.840. The predicted molar refractivity (Wildman–Crippen MR) is 84.4 cm³/mol. The van der Waals surface area contributed by atoms with Crippen LogP contribution < -0.4 is 0 Å². The first-order valence-electron chi connectivity index (χ1n) is 8.07. The van der Waals surface area contributed by atoms with Crippen molar-refractivity contribution >= 4 is 11.8 Å². The molecule has 0 aliphatic carbocycles. The molecule has 0 bridgehead atoms. The van der Waals surface area contributed by atoms with Crippen molar-refractivity contribution < 1.29 is 14.3 Å². The fourth-order valence-corrected chi connectivity index (χ4v) is 3.14. The lowest BCUT2D eigenvalue weighted by Gasteiger charge is -2.55. The quantitative estimate of drug-likeness (QED) is 0.755. The molecule has 2 amide bonds. The van der Waals surface area contributed by atoms with Gasteiger partial charge < -0.3 is 14.5 Å². The normalized spacial score (nSPS) is 24.5. The third-order valence-corrected chi connectivity index (χ3v) is 4.59. The van der Waals surface area contributed by atoms with Crippen LogP contribution in [0.25, 0.3) is 0 Å². The van der Waals surface area contributed by atoms with Gasteiger partial charge in [-0.1, -0.05) is 13.8 Å². The van der Waals surface area contributed by atoms with Gasteiger partial charge in [0.15, 0.2) is 0 Å². The maximum Gasteiger partial charge on any atom is 0.241 e. The first kappa shape index (κ1) is 17.2. The Hall–Kier alpha value is -1.14. The summed E-state index contributed by atoms with van der Waals surface area (Å²) in [6, 6.07) is -0.216. The van der Waals surface area contributed by atoms with Crippen LogP contribution >= 0.6 is 0 Å². The maximum atomic E-state index is 12.1. The topological polar surface area (TPSA) is 53.1 Å². The van der Waals surface area contributed by atoms with Crippen LogP contribution in [0.4, 0.5) is 0 Å². The van der Waals surface area contributed by atoms with E-state index in [9.17, 15) is 9.59 Å². The van der Waals surface area contributed by atoms with Crippen molar-refractivity contribution in [3.05, 3.63) is 0 Å². The molecule has 2 heterocycles. The third-order valence-electron chi connectivity index (χ3n) is 4.59. The highest BCUT2D eigenvalue weighted by Crippen LogP contribution is 2.31. The molecule has 126 valence electrons. The summed E-state index contributed by atoms with van der Waals surface area (Å²) in [6.07, 6.45) is 1.55. The van der Waals surface area contributed by atoms with Gasteiger partial charge in [0.25, 0.3) is 0 Å². The number of likely N-dealkylation sites (N-methyl/N-ethyl adjacent to an activating group) is 2. The minimum Gasteiger partial charge on any atom is -0.368 e. The van der Waals surface area contributed by atoms with Crippen molar-refractivity contribution in [1.29, 1.82) is 0 Å². The first-order valence-corrected chi connectivity index (χ1v) is 8.07. The Labute approximate surface area is 133 Å². The zero-order valence-electron chi connectivity index (χ0n) is 14.5. The highest BCUT2D eigenvalue weighted by molar-refractivity contribution is 5.81. The fourth-order valence-electron chi connectivity index (χ4n) is 3.14. The molecule has 1 atom stereocenters. The van der Waals surface area contributed by atoms with E-state index in [0.29, 0.717) is 38.6 Å². The molecule has 6 heteroatoms. The van der Waals surface area contributed by atoms with Gasteiger partial charge in [-0.15, -0.1) is 0 Å². The van der Waals surface area contributed by atoms with Crippen LogP contribution in [0.2, 0.25) is 0 Å². The van der Waals surface area contributed by atoms with Gasteiger partial charge in [-0.3, -0.25) is 14.5 Å². The molecule has 0 unspecified atom stereocenters. The highest BCUT2D eigenvalue weighted by Gasteiger charge is 2.51. The summed E-state index contributed by atoms with van der Waals surface area (Å²) in [5.41, 5.74) is -0.272. The van der Waals surface area contributed by atoms with Crippen LogP contribution in [0, 0.1) is 5.92 Å². The molecule has 0 radical (unpaired) electrons. The lowest BCUT2D eigenvalue weighted by atomic mass is 9.90. The van der Waals surface area contributed by atoms with Gasteiger partial charge in [-0.05, 0) is 19.4 Å². The van der Waals surface area contributed by atoms with Gasteiger partial charge in [0.2, 0.25) is 11.8 Å². The molecule has 2 aliphatic rings. The van der Waals surface area contributed by atoms with Gasteiger partial charge in [0.05, 0.1) is 19.7 Å². The van der Waals surface area contributed by atoms with Crippen molar-refractivity contribution in [1.82, 2.24) is 14.7 Å². The minimum absolute atomic E-state index is 0.0709. The van der Waals surface area contributed by atoms with Crippen molar-refractivity contribution in [2.24, 2.45) is 5.92 Å². The lowest BCUT2D eigenvalue weighted by Crippen LogP contribution is -2.73. The number of rotatable bonds is 4. The second kappa shape index (κ2) is 6.54. The number of likely N-dealkylation sites (tertiary alicyclic amines) is 1. The van der Waals surface area contributed by atoms with E-state index in [2.05, 4.69) is 18.7 Å². The summed E-state index contributed by atoms with van der Waals surface area (Å²) in [5, 5.41) is 0. The number of nitrogens with zero attached hydrogens (tertiary/aromatic N) is 3. The molecule has 0 N–H and O–H groups in total. The van der Waals surface area contributed by atoms with Gasteiger partial charge in [-0.2, -0.15) is 0 Å². The van der Waals surface area contributed by atoms with E-state index >= 15 is 0 Å². The largest absolute Gasteiger partial charge is 0.368 e. The molecule has 2 fully saturated rings. The van der Waals surface area contributed by atoms with Gasteiger partial charge >= 0.3 is 0 Å². The summed E-state index contributed by atoms with van der Waals surface area (Å²) in [7, 11) is 5.48. The summed E-state index contributed by atoms with van der Waals surface area (Å²) >= 11 is 0. The van der Waals surface area contributed by atoms with Crippen molar-refractivity contribution in [3.63, 3.8) is 0 Å². The van der Waals surface area contributed by atoms with Crippen LogP contribution in [-0.4, -0.2) is 85.5 Å². The zero-order chi connectivity index (χ0) is 16.5. The molecule has 0 saturated carbocycles. The van der Waals surface area contributed by atoms with Crippen molar-refractivity contribution in [2.75, 3.05) is 47.4 Å². The Morgan fingerprint density at radius 2 is 1.91 bits per heavy atom. The molecular formula is C16H29N3O3. The second-order valence-electron chi connectivity index (χ2n) is 7.34. The van der Waals surface area contributed by atoms with Gasteiger partial charge in [-0.25, -0.2) is 0 Å². The summed E-state index contributed by atoms with van der Waals surface area (Å²) in [4.78, 5) is 29.7. The highest BCUT2D eigenvalue weighted by atomic mass is 16.5. The van der Waals surface area contributed by atoms with Crippen molar-refractivity contribution in [2.45, 2.75) is 38.3 Å². The van der Waals surface area contributed by atoms with Crippen LogP contribution in [0.15, 0.2) is 0 Å². The molecule has 0 aromatic rings. The number of hydrogen-bond donors (Lipinski definition) is 0. The Balaban J connectivity index is 1.82. The smallest absolute Gasteiger partial charge is 0.241 e. The second-order valence-corrected chi connectivity index (χ2v) is 7.34. The molecule has 1 spiro atoms. The molecule has 6 nitrogen and oxygen atoms in total. The van der Waals surface area contributed by atoms with Crippen LogP contribution in [0.1, 0.15) is 26.7 Å². The van der Waals surface area contributed by atoms with E-state index < -0.39 is 0 Å². The lowest BCUT2D eigenvalue weighted by molar-refractivity contribution is -0.202. The number of ether oxygens (including phenoxy) is 1. The van der Waals surface area contributed by atoms with E-state index in [1.54, 1.807) is 19.0 Å². The van der Waals surface area contributed by atoms with Crippen LogP contribution in [-0.2, 0) is 14.3 Å². The Bertz CT molecular complexity index is 430. The number of morpholine rings is 1. The monoisotopic (exact) mass is 311 g/mol.